The Balaban J connectivity index is 1.79. The predicted octanol–water partition coefficient (Wildman–Crippen LogP) is 5.01. The van der Waals surface area contributed by atoms with Gasteiger partial charge in [-0.1, -0.05) is 30.4 Å². The summed E-state index contributed by atoms with van der Waals surface area (Å²) in [4.78, 5) is 0. The quantitative estimate of drug-likeness (QED) is 0.663. The van der Waals surface area contributed by atoms with Crippen molar-refractivity contribution < 1.29 is 19.7 Å². The van der Waals surface area contributed by atoms with E-state index in [-0.39, 0.29) is 11.5 Å². The van der Waals surface area contributed by atoms with E-state index in [1.54, 1.807) is 31.4 Å². The van der Waals surface area contributed by atoms with E-state index in [9.17, 15) is 10.2 Å². The Morgan fingerprint density at radius 3 is 2.24 bits per heavy atom. The molecule has 0 bridgehead atoms. The van der Waals surface area contributed by atoms with Crippen molar-refractivity contribution in [3.8, 4) is 23.0 Å². The van der Waals surface area contributed by atoms with Crippen LogP contribution >= 0.6 is 0 Å². The van der Waals surface area contributed by atoms with Gasteiger partial charge in [0.25, 0.3) is 0 Å². The van der Waals surface area contributed by atoms with Crippen molar-refractivity contribution in [1.29, 1.82) is 0 Å². The van der Waals surface area contributed by atoms with Crippen molar-refractivity contribution in [2.24, 2.45) is 0 Å². The van der Waals surface area contributed by atoms with Crippen LogP contribution < -0.4 is 9.47 Å². The molecule has 0 fully saturated rings. The van der Waals surface area contributed by atoms with Crippen LogP contribution in [-0.4, -0.2) is 24.4 Å². The highest BCUT2D eigenvalue weighted by molar-refractivity contribution is 5.59. The smallest absolute Gasteiger partial charge is 0.160 e. The van der Waals surface area contributed by atoms with E-state index in [2.05, 4.69) is 12.2 Å². The fourth-order valence-corrected chi connectivity index (χ4v) is 2.43. The van der Waals surface area contributed by atoms with E-state index in [0.717, 1.165) is 30.4 Å². The van der Waals surface area contributed by atoms with E-state index in [4.69, 9.17) is 9.47 Å². The molecule has 2 N–H and O–H groups in total. The van der Waals surface area contributed by atoms with E-state index in [1.807, 2.05) is 24.3 Å². The second kappa shape index (κ2) is 9.42. The summed E-state index contributed by atoms with van der Waals surface area (Å²) in [6.07, 6.45) is 11.1. The molecule has 2 aromatic carbocycles. The van der Waals surface area contributed by atoms with Crippen molar-refractivity contribution in [1.82, 2.24) is 0 Å². The molecule has 0 saturated heterocycles. The van der Waals surface area contributed by atoms with Crippen LogP contribution in [0.15, 0.2) is 48.6 Å². The molecule has 132 valence electrons. The van der Waals surface area contributed by atoms with Crippen LogP contribution in [-0.2, 0) is 0 Å². The van der Waals surface area contributed by atoms with Gasteiger partial charge in [-0.25, -0.2) is 0 Å². The highest BCUT2D eigenvalue weighted by Crippen LogP contribution is 2.27. The maximum atomic E-state index is 9.74. The number of rotatable bonds is 8. The third-order valence-corrected chi connectivity index (χ3v) is 3.77. The highest BCUT2D eigenvalue weighted by atomic mass is 16.5. The Hall–Kier alpha value is -2.88. The van der Waals surface area contributed by atoms with Crippen molar-refractivity contribution >= 4 is 12.2 Å². The van der Waals surface area contributed by atoms with Crippen LogP contribution in [0.3, 0.4) is 0 Å². The number of unbranched alkanes of at least 4 members (excludes halogenated alkanes) is 2. The highest BCUT2D eigenvalue weighted by Gasteiger charge is 2.01. The number of ether oxygens (including phenoxy) is 2. The van der Waals surface area contributed by atoms with Crippen molar-refractivity contribution in [3.05, 3.63) is 59.7 Å². The molecule has 4 nitrogen and oxygen atoms in total. The van der Waals surface area contributed by atoms with Crippen LogP contribution in [0.25, 0.3) is 12.2 Å². The summed E-state index contributed by atoms with van der Waals surface area (Å²) in [6, 6.07) is 10.4. The molecular formula is C21H24O4. The first-order chi connectivity index (χ1) is 12.1. The zero-order valence-corrected chi connectivity index (χ0v) is 14.6. The summed E-state index contributed by atoms with van der Waals surface area (Å²) in [5.41, 5.74) is 1.90. The summed E-state index contributed by atoms with van der Waals surface area (Å²) >= 11 is 0. The molecule has 0 saturated carbocycles. The molecule has 0 atom stereocenters. The number of phenolic OH excluding ortho intramolecular Hbond substituents is 2. The molecule has 25 heavy (non-hydrogen) atoms. The lowest BCUT2D eigenvalue weighted by Gasteiger charge is -2.04. The van der Waals surface area contributed by atoms with Crippen LogP contribution in [0.2, 0.25) is 0 Å². The van der Waals surface area contributed by atoms with Gasteiger partial charge in [-0.15, -0.1) is 0 Å². The molecule has 0 spiro atoms. The number of hydrogen-bond donors (Lipinski definition) is 2. The first kappa shape index (κ1) is 18.5. The Labute approximate surface area is 148 Å². The molecule has 0 aliphatic heterocycles. The van der Waals surface area contributed by atoms with Gasteiger partial charge in [-0.2, -0.15) is 0 Å². The minimum absolute atomic E-state index is 0.149. The fraction of sp³-hybridized carbons (Fsp3) is 0.238. The minimum atomic E-state index is 0.149. The summed E-state index contributed by atoms with van der Waals surface area (Å²) in [5.74, 6) is 1.49. The lowest BCUT2D eigenvalue weighted by molar-refractivity contribution is 0.373. The zero-order chi connectivity index (χ0) is 18.1. The zero-order valence-electron chi connectivity index (χ0n) is 14.6. The number of allylic oxidation sites excluding steroid dienone is 2. The predicted molar refractivity (Wildman–Crippen MR) is 101 cm³/mol. The third kappa shape index (κ3) is 5.60. The Bertz CT molecular complexity index is 748. The van der Waals surface area contributed by atoms with E-state index < -0.39 is 0 Å². The third-order valence-electron chi connectivity index (χ3n) is 3.77. The topological polar surface area (TPSA) is 58.9 Å². The molecule has 0 aliphatic rings. The summed E-state index contributed by atoms with van der Waals surface area (Å²) in [7, 11) is 3.12. The standard InChI is InChI=1S/C21H24O4/c1-24-20-13-10-16(14-19(20)23)8-6-4-3-5-7-9-17-11-12-18(22)15-21(17)25-2/h6-15,22-23H,3-5H2,1-2H3/b8-6+,9-7+. The average Bonchev–Trinajstić information content (AvgIpc) is 2.62. The minimum Gasteiger partial charge on any atom is -0.508 e. The molecule has 4 heteroatoms. The van der Waals surface area contributed by atoms with Crippen molar-refractivity contribution in [3.63, 3.8) is 0 Å². The van der Waals surface area contributed by atoms with Gasteiger partial charge in [0.1, 0.15) is 11.5 Å². The Morgan fingerprint density at radius 2 is 1.56 bits per heavy atom. The second-order valence-corrected chi connectivity index (χ2v) is 5.59. The summed E-state index contributed by atoms with van der Waals surface area (Å²) < 4.78 is 10.3. The number of hydrogen-bond acceptors (Lipinski definition) is 4. The summed E-state index contributed by atoms with van der Waals surface area (Å²) in [5, 5.41) is 19.2. The molecule has 0 aromatic heterocycles. The van der Waals surface area contributed by atoms with Crippen LogP contribution in [0.4, 0.5) is 0 Å². The Kier molecular flexibility index (Phi) is 6.96. The van der Waals surface area contributed by atoms with E-state index in [1.165, 1.54) is 7.11 Å². The molecule has 0 heterocycles. The SMILES string of the molecule is COc1ccc(/C=C/CCC/C=C/c2ccc(O)cc2OC)cc1O. The first-order valence-electron chi connectivity index (χ1n) is 8.21. The lowest BCUT2D eigenvalue weighted by atomic mass is 10.1. The maximum Gasteiger partial charge on any atom is 0.160 e. The second-order valence-electron chi connectivity index (χ2n) is 5.59. The number of methoxy groups -OCH3 is 2. The van der Waals surface area contributed by atoms with Gasteiger partial charge < -0.3 is 19.7 Å². The van der Waals surface area contributed by atoms with Gasteiger partial charge in [0.15, 0.2) is 11.5 Å². The van der Waals surface area contributed by atoms with Gasteiger partial charge in [-0.05, 0) is 49.1 Å². The summed E-state index contributed by atoms with van der Waals surface area (Å²) in [6.45, 7) is 0. The normalized spacial score (nSPS) is 11.3. The maximum absolute atomic E-state index is 9.74. The van der Waals surface area contributed by atoms with Crippen molar-refractivity contribution in [2.75, 3.05) is 14.2 Å². The molecule has 0 unspecified atom stereocenters. The van der Waals surface area contributed by atoms with Gasteiger partial charge in [0.2, 0.25) is 0 Å². The largest absolute Gasteiger partial charge is 0.508 e. The van der Waals surface area contributed by atoms with E-state index in [0.29, 0.717) is 11.5 Å². The number of aromatic hydroxyl groups is 2. The van der Waals surface area contributed by atoms with Gasteiger partial charge in [0, 0.05) is 11.6 Å². The van der Waals surface area contributed by atoms with Crippen LogP contribution in [0.5, 0.6) is 23.0 Å². The molecule has 0 radical (unpaired) electrons. The van der Waals surface area contributed by atoms with Crippen LogP contribution in [0, 0.1) is 0 Å². The molecule has 0 amide bonds. The van der Waals surface area contributed by atoms with Gasteiger partial charge in [-0.3, -0.25) is 0 Å². The van der Waals surface area contributed by atoms with Crippen LogP contribution in [0.1, 0.15) is 30.4 Å². The average molecular weight is 340 g/mol. The fourth-order valence-electron chi connectivity index (χ4n) is 2.43. The van der Waals surface area contributed by atoms with Crippen molar-refractivity contribution in [2.45, 2.75) is 19.3 Å². The molecular weight excluding hydrogens is 316 g/mol. The first-order valence-corrected chi connectivity index (χ1v) is 8.21. The number of benzene rings is 2. The van der Waals surface area contributed by atoms with Gasteiger partial charge >= 0.3 is 0 Å². The molecule has 2 aromatic rings. The molecule has 0 aliphatic carbocycles. The monoisotopic (exact) mass is 340 g/mol. The lowest BCUT2D eigenvalue weighted by Crippen LogP contribution is -1.86. The number of phenols is 2. The Morgan fingerprint density at radius 1 is 0.840 bits per heavy atom. The van der Waals surface area contributed by atoms with E-state index >= 15 is 0 Å². The molecule has 2 rings (SSSR count). The van der Waals surface area contributed by atoms with Gasteiger partial charge in [0.05, 0.1) is 14.2 Å².